The molecule has 0 saturated heterocycles. The van der Waals surface area contributed by atoms with Crippen LogP contribution in [0.5, 0.6) is 0 Å². The summed E-state index contributed by atoms with van der Waals surface area (Å²) in [6.45, 7) is -4.89. The zero-order valence-electron chi connectivity index (χ0n) is 8.44. The van der Waals surface area contributed by atoms with E-state index in [9.17, 15) is 21.4 Å². The summed E-state index contributed by atoms with van der Waals surface area (Å²) in [6.07, 6.45) is -1.38. The number of rotatable bonds is 5. The molecule has 0 atom stereocenters. The maximum absolute atomic E-state index is 11.9. The monoisotopic (exact) mass is 251 g/mol. The predicted octanol–water partition coefficient (Wildman–Crippen LogP) is 2.70. The second-order valence-electron chi connectivity index (χ2n) is 3.48. The number of hydrogen-bond donors (Lipinski definition) is 0. The van der Waals surface area contributed by atoms with Crippen molar-refractivity contribution in [3.05, 3.63) is 30.3 Å². The zero-order chi connectivity index (χ0) is 12.2. The minimum atomic E-state index is -4.89. The van der Waals surface area contributed by atoms with Crippen LogP contribution in [0.3, 0.4) is 0 Å². The van der Waals surface area contributed by atoms with E-state index in [0.29, 0.717) is 0 Å². The third-order valence-corrected chi connectivity index (χ3v) is 3.86. The Kier molecular flexibility index (Phi) is 4.01. The van der Waals surface area contributed by atoms with E-state index in [-0.39, 0.29) is 11.3 Å². The Morgan fingerprint density at radius 1 is 1.06 bits per heavy atom. The summed E-state index contributed by atoms with van der Waals surface area (Å²) in [4.78, 5) is 0.0738. The first-order chi connectivity index (χ1) is 7.31. The SMILES string of the molecule is O=S(=O)(CCC[B-](F)(F)F)c1ccccc1. The molecule has 0 aliphatic heterocycles. The highest BCUT2D eigenvalue weighted by Gasteiger charge is 2.23. The van der Waals surface area contributed by atoms with Gasteiger partial charge in [0, 0.05) is 0 Å². The van der Waals surface area contributed by atoms with E-state index in [1.54, 1.807) is 18.2 Å². The first-order valence-corrected chi connectivity index (χ1v) is 6.45. The molecule has 0 aliphatic carbocycles. The van der Waals surface area contributed by atoms with Gasteiger partial charge in [-0.25, -0.2) is 8.42 Å². The maximum atomic E-state index is 11.9. The topological polar surface area (TPSA) is 34.1 Å². The van der Waals surface area contributed by atoms with Crippen LogP contribution in [0.1, 0.15) is 6.42 Å². The molecule has 2 nitrogen and oxygen atoms in total. The van der Waals surface area contributed by atoms with Crippen LogP contribution in [0.15, 0.2) is 35.2 Å². The van der Waals surface area contributed by atoms with Crippen molar-refractivity contribution in [3.8, 4) is 0 Å². The van der Waals surface area contributed by atoms with E-state index in [1.165, 1.54) is 12.1 Å². The highest BCUT2D eigenvalue weighted by Crippen LogP contribution is 2.19. The standard InChI is InChI=1S/C9H11BF3O2S/c11-10(12,13)7-4-8-16(14,15)9-5-2-1-3-6-9/h1-3,5-6H,4,7-8H2/q-1. The van der Waals surface area contributed by atoms with E-state index in [4.69, 9.17) is 0 Å². The van der Waals surface area contributed by atoms with Crippen molar-refractivity contribution in [3.63, 3.8) is 0 Å². The summed E-state index contributed by atoms with van der Waals surface area (Å²) in [6, 6.07) is 7.50. The van der Waals surface area contributed by atoms with Gasteiger partial charge in [0.25, 0.3) is 0 Å². The molecule has 0 aromatic heterocycles. The quantitative estimate of drug-likeness (QED) is 0.754. The van der Waals surface area contributed by atoms with Crippen LogP contribution in [0.25, 0.3) is 0 Å². The number of halogens is 3. The molecule has 7 heteroatoms. The van der Waals surface area contributed by atoms with Crippen molar-refractivity contribution in [2.75, 3.05) is 5.75 Å². The third kappa shape index (κ3) is 4.26. The van der Waals surface area contributed by atoms with Crippen LogP contribution >= 0.6 is 0 Å². The van der Waals surface area contributed by atoms with Crippen molar-refractivity contribution in [2.24, 2.45) is 0 Å². The molecule has 1 rings (SSSR count). The van der Waals surface area contributed by atoms with Crippen LogP contribution in [-0.2, 0) is 9.84 Å². The number of benzene rings is 1. The van der Waals surface area contributed by atoms with Gasteiger partial charge in [0.2, 0.25) is 0 Å². The lowest BCUT2D eigenvalue weighted by atomic mass is 9.85. The van der Waals surface area contributed by atoms with Crippen LogP contribution in [0.2, 0.25) is 6.32 Å². The average molecular weight is 251 g/mol. The van der Waals surface area contributed by atoms with Crippen molar-refractivity contribution < 1.29 is 21.4 Å². The van der Waals surface area contributed by atoms with Crippen molar-refractivity contribution in [1.29, 1.82) is 0 Å². The summed E-state index contributed by atoms with van der Waals surface area (Å²) < 4.78 is 58.8. The van der Waals surface area contributed by atoms with Crippen LogP contribution in [0, 0.1) is 0 Å². The van der Waals surface area contributed by atoms with Gasteiger partial charge in [0.05, 0.1) is 10.6 Å². The Labute approximate surface area is 92.5 Å². The molecule has 0 unspecified atom stereocenters. The van der Waals surface area contributed by atoms with E-state index >= 15 is 0 Å². The highest BCUT2D eigenvalue weighted by molar-refractivity contribution is 7.91. The fourth-order valence-corrected chi connectivity index (χ4v) is 2.60. The first kappa shape index (κ1) is 13.1. The molecule has 0 N–H and O–H groups in total. The lowest BCUT2D eigenvalue weighted by Gasteiger charge is -2.12. The minimum Gasteiger partial charge on any atom is -0.449 e. The zero-order valence-corrected chi connectivity index (χ0v) is 9.26. The van der Waals surface area contributed by atoms with Gasteiger partial charge in [-0.05, 0) is 12.1 Å². The smallest absolute Gasteiger partial charge is 0.449 e. The fraction of sp³-hybridized carbons (Fsp3) is 0.333. The largest absolute Gasteiger partial charge is 0.478 e. The van der Waals surface area contributed by atoms with Crippen molar-refractivity contribution in [2.45, 2.75) is 17.6 Å². The van der Waals surface area contributed by atoms with E-state index in [0.717, 1.165) is 0 Å². The Bertz CT molecular complexity index is 428. The molecule has 16 heavy (non-hydrogen) atoms. The number of sulfone groups is 1. The van der Waals surface area contributed by atoms with Gasteiger partial charge in [0.15, 0.2) is 9.84 Å². The van der Waals surface area contributed by atoms with Gasteiger partial charge in [0.1, 0.15) is 0 Å². The van der Waals surface area contributed by atoms with Crippen LogP contribution in [0.4, 0.5) is 12.9 Å². The fourth-order valence-electron chi connectivity index (χ4n) is 1.25. The van der Waals surface area contributed by atoms with Gasteiger partial charge in [-0.15, -0.1) is 0 Å². The normalized spacial score (nSPS) is 12.7. The molecular weight excluding hydrogens is 240 g/mol. The lowest BCUT2D eigenvalue weighted by Crippen LogP contribution is -2.16. The molecule has 1 aromatic rings. The summed E-state index contributed by atoms with van der Waals surface area (Å²) in [5.41, 5.74) is 0. The predicted molar refractivity (Wildman–Crippen MR) is 57.0 cm³/mol. The first-order valence-electron chi connectivity index (χ1n) is 4.80. The lowest BCUT2D eigenvalue weighted by molar-refractivity contribution is 0.466. The van der Waals surface area contributed by atoms with E-state index < -0.39 is 28.9 Å². The molecule has 0 spiro atoms. The molecule has 90 valence electrons. The number of hydrogen-bond acceptors (Lipinski definition) is 2. The van der Waals surface area contributed by atoms with Gasteiger partial charge in [-0.1, -0.05) is 30.9 Å². The Balaban J connectivity index is 2.61. The van der Waals surface area contributed by atoms with Gasteiger partial charge in [-0.2, -0.15) is 0 Å². The molecule has 1 aromatic carbocycles. The van der Waals surface area contributed by atoms with Crippen molar-refractivity contribution >= 4 is 16.8 Å². The molecule has 0 heterocycles. The molecule has 0 aliphatic rings. The second kappa shape index (κ2) is 4.90. The summed E-state index contributed by atoms with van der Waals surface area (Å²) in [5, 5.41) is 0. The minimum absolute atomic E-state index is 0.0738. The Hall–Kier alpha value is -0.975. The summed E-state index contributed by atoms with van der Waals surface area (Å²) >= 11 is 0. The van der Waals surface area contributed by atoms with Gasteiger partial charge >= 0.3 is 6.98 Å². The second-order valence-corrected chi connectivity index (χ2v) is 5.59. The molecule has 0 fully saturated rings. The van der Waals surface area contributed by atoms with Gasteiger partial charge < -0.3 is 12.9 Å². The van der Waals surface area contributed by atoms with Crippen LogP contribution < -0.4 is 0 Å². The summed E-state index contributed by atoms with van der Waals surface area (Å²) in [7, 11) is -3.57. The Morgan fingerprint density at radius 3 is 2.12 bits per heavy atom. The Morgan fingerprint density at radius 2 is 1.62 bits per heavy atom. The summed E-state index contributed by atoms with van der Waals surface area (Å²) in [5.74, 6) is -0.460. The molecule has 0 radical (unpaired) electrons. The maximum Gasteiger partial charge on any atom is 0.478 e. The van der Waals surface area contributed by atoms with Crippen LogP contribution in [-0.4, -0.2) is 21.1 Å². The highest BCUT2D eigenvalue weighted by atomic mass is 32.2. The average Bonchev–Trinajstić information content (AvgIpc) is 2.17. The molecular formula is C9H11BF3O2S-. The molecule has 0 saturated carbocycles. The van der Waals surface area contributed by atoms with Gasteiger partial charge in [-0.3, -0.25) is 0 Å². The van der Waals surface area contributed by atoms with E-state index in [2.05, 4.69) is 0 Å². The molecule has 0 bridgehead atoms. The molecule has 0 amide bonds. The van der Waals surface area contributed by atoms with E-state index in [1.807, 2.05) is 0 Å². The van der Waals surface area contributed by atoms with Crippen molar-refractivity contribution in [1.82, 2.24) is 0 Å². The third-order valence-electron chi connectivity index (χ3n) is 2.05.